The number of nitrogens with one attached hydrogen (secondary N) is 3. The van der Waals surface area contributed by atoms with Crippen LogP contribution in [0.2, 0.25) is 0 Å². The van der Waals surface area contributed by atoms with E-state index < -0.39 is 18.1 Å². The maximum Gasteiger partial charge on any atom is 0.263 e. The highest BCUT2D eigenvalue weighted by Gasteiger charge is 2.44. The van der Waals surface area contributed by atoms with Gasteiger partial charge in [-0.2, -0.15) is 9.97 Å². The largest absolute Gasteiger partial charge is 0.394 e. The first-order chi connectivity index (χ1) is 21.0. The van der Waals surface area contributed by atoms with Crippen molar-refractivity contribution in [3.05, 3.63) is 77.2 Å². The molecule has 3 fully saturated rings. The Morgan fingerprint density at radius 3 is 2.60 bits per heavy atom. The molecular weight excluding hydrogens is 532 g/mol. The summed E-state index contributed by atoms with van der Waals surface area (Å²) >= 11 is 0. The molecule has 2 aromatic carbocycles. The molecule has 2 bridgehead atoms. The number of anilines is 3. The number of piperidine rings is 3. The van der Waals surface area contributed by atoms with E-state index in [1.54, 1.807) is 42.6 Å². The minimum Gasteiger partial charge on any atom is -0.394 e. The van der Waals surface area contributed by atoms with Gasteiger partial charge in [0.25, 0.3) is 11.8 Å². The Hall–Kier alpha value is -4.35. The van der Waals surface area contributed by atoms with Crippen molar-refractivity contribution in [3.8, 4) is 11.5 Å². The smallest absolute Gasteiger partial charge is 0.263 e. The van der Waals surface area contributed by atoms with E-state index in [4.69, 9.17) is 17.2 Å². The first kappa shape index (κ1) is 24.3. The van der Waals surface area contributed by atoms with E-state index in [9.17, 15) is 9.90 Å². The maximum atomic E-state index is 12.4. The zero-order valence-corrected chi connectivity index (χ0v) is 23.5. The third-order valence-electron chi connectivity index (χ3n) is 8.80. The van der Waals surface area contributed by atoms with E-state index in [2.05, 4.69) is 31.0 Å². The third kappa shape index (κ3) is 4.68. The van der Waals surface area contributed by atoms with Crippen LogP contribution in [-0.4, -0.2) is 62.2 Å². The maximum absolute atomic E-state index is 12.4. The van der Waals surface area contributed by atoms with Gasteiger partial charge in [0.15, 0.2) is 5.82 Å². The topological polar surface area (TPSA) is 141 Å². The van der Waals surface area contributed by atoms with Crippen LogP contribution in [0, 0.1) is 0 Å². The molecule has 2 aromatic heterocycles. The molecule has 1 amide bonds. The standard InChI is InChI=1S/C31H34N8O3/c1-30(2)23-16-20(8-9-21(23)26(41)37-30)33-29-32-17-22(25(35-29)34-24(18-40)19-6-4-3-5-7-19)27-36-28(38-42-27)31-10-13-39(14-11-31)15-12-31/h3-9,16-17,24,40H,10-15,18H2,1-2H3,(H,37,41)(H2,32,33,34,35)/t24-/m1/s1/i18D2. The number of hydrogen-bond acceptors (Lipinski definition) is 10. The molecule has 3 saturated heterocycles. The predicted octanol–water partition coefficient (Wildman–Crippen LogP) is 4.13. The van der Waals surface area contributed by atoms with Crippen LogP contribution < -0.4 is 16.0 Å². The monoisotopic (exact) mass is 568 g/mol. The zero-order valence-electron chi connectivity index (χ0n) is 25.5. The molecule has 0 aliphatic carbocycles. The molecular formula is C31H34N8O3. The van der Waals surface area contributed by atoms with Gasteiger partial charge in [-0.3, -0.25) is 4.79 Å². The number of fused-ring (bicyclic) bond motifs is 4. The van der Waals surface area contributed by atoms with E-state index in [1.165, 1.54) is 0 Å². The highest BCUT2D eigenvalue weighted by atomic mass is 16.5. The Kier molecular flexibility index (Phi) is 5.88. The highest BCUT2D eigenvalue weighted by Crippen LogP contribution is 2.42. The highest BCUT2D eigenvalue weighted by molar-refractivity contribution is 6.00. The lowest BCUT2D eigenvalue weighted by Crippen LogP contribution is -2.51. The minimum atomic E-state index is -2.64. The van der Waals surface area contributed by atoms with Crippen LogP contribution in [0.5, 0.6) is 0 Å². The Bertz CT molecular complexity index is 1700. The van der Waals surface area contributed by atoms with Gasteiger partial charge in [-0.15, -0.1) is 0 Å². The van der Waals surface area contributed by atoms with Gasteiger partial charge in [0.05, 0.1) is 20.9 Å². The molecule has 0 radical (unpaired) electrons. The zero-order chi connectivity index (χ0) is 30.7. The summed E-state index contributed by atoms with van der Waals surface area (Å²) in [4.78, 5) is 28.9. The molecule has 0 saturated carbocycles. The van der Waals surface area contributed by atoms with E-state index in [1.807, 2.05) is 26.0 Å². The molecule has 0 unspecified atom stereocenters. The van der Waals surface area contributed by atoms with Crippen LogP contribution >= 0.6 is 0 Å². The average Bonchev–Trinajstić information content (AvgIpc) is 3.60. The average molecular weight is 569 g/mol. The number of carbonyl (C=O) groups excluding carboxylic acids is 1. The molecule has 4 aliphatic rings. The molecule has 0 spiro atoms. The van der Waals surface area contributed by atoms with Crippen LogP contribution in [-0.2, 0) is 11.0 Å². The summed E-state index contributed by atoms with van der Waals surface area (Å²) in [6, 6.07) is 13.1. The number of amides is 1. The van der Waals surface area contributed by atoms with Crippen molar-refractivity contribution in [2.45, 2.75) is 50.1 Å². The minimum absolute atomic E-state index is 0.119. The fourth-order valence-electron chi connectivity index (χ4n) is 6.28. The van der Waals surface area contributed by atoms with E-state index in [0.29, 0.717) is 28.2 Å². The number of nitrogens with zero attached hydrogens (tertiary/aromatic N) is 5. The normalized spacial score (nSPS) is 23.9. The van der Waals surface area contributed by atoms with Crippen LogP contribution in [0.1, 0.15) is 69.2 Å². The summed E-state index contributed by atoms with van der Waals surface area (Å²) in [5.41, 5.74) is 2.40. The second-order valence-electron chi connectivity index (χ2n) is 11.8. The van der Waals surface area contributed by atoms with Gasteiger partial charge in [0.1, 0.15) is 11.4 Å². The summed E-state index contributed by atoms with van der Waals surface area (Å²) in [6.07, 6.45) is 4.45. The number of hydrogen-bond donors (Lipinski definition) is 4. The molecule has 4 aromatic rings. The summed E-state index contributed by atoms with van der Waals surface area (Å²) in [7, 11) is 0. The van der Waals surface area contributed by atoms with E-state index >= 15 is 0 Å². The van der Waals surface area contributed by atoms with E-state index in [0.717, 1.165) is 44.5 Å². The second-order valence-corrected chi connectivity index (χ2v) is 11.8. The Labute approximate surface area is 246 Å². The van der Waals surface area contributed by atoms with Crippen molar-refractivity contribution in [2.24, 2.45) is 0 Å². The lowest BCUT2D eigenvalue weighted by molar-refractivity contribution is 0.0747. The Balaban J connectivity index is 1.26. The molecule has 8 rings (SSSR count). The Morgan fingerprint density at radius 1 is 1.10 bits per heavy atom. The number of aromatic nitrogens is 4. The van der Waals surface area contributed by atoms with Crippen LogP contribution in [0.15, 0.2) is 59.3 Å². The van der Waals surface area contributed by atoms with Crippen molar-refractivity contribution >= 4 is 23.4 Å². The molecule has 6 heterocycles. The van der Waals surface area contributed by atoms with Gasteiger partial charge in [0.2, 0.25) is 5.95 Å². The van der Waals surface area contributed by atoms with Gasteiger partial charge in [-0.25, -0.2) is 4.98 Å². The van der Waals surface area contributed by atoms with Gasteiger partial charge in [-0.1, -0.05) is 35.5 Å². The lowest BCUT2D eigenvalue weighted by atomic mass is 9.71. The quantitative estimate of drug-likeness (QED) is 0.245. The van der Waals surface area contributed by atoms with Gasteiger partial charge in [-0.05, 0) is 82.1 Å². The molecule has 4 N–H and O–H groups in total. The van der Waals surface area contributed by atoms with Gasteiger partial charge >= 0.3 is 0 Å². The van der Waals surface area contributed by atoms with Gasteiger partial charge in [0, 0.05) is 22.9 Å². The molecule has 1 atom stereocenters. The lowest BCUT2D eigenvalue weighted by Gasteiger charge is -2.46. The van der Waals surface area contributed by atoms with Gasteiger partial charge < -0.3 is 30.5 Å². The van der Waals surface area contributed by atoms with Crippen molar-refractivity contribution in [1.82, 2.24) is 30.3 Å². The molecule has 42 heavy (non-hydrogen) atoms. The van der Waals surface area contributed by atoms with Crippen LogP contribution in [0.3, 0.4) is 0 Å². The number of rotatable bonds is 8. The first-order valence-electron chi connectivity index (χ1n) is 15.2. The first-order valence-corrected chi connectivity index (χ1v) is 14.2. The SMILES string of the molecule is [2H]C([2H])(O)[C@@H](Nc1nc(Nc2ccc3c(c2)C(C)(C)NC3=O)ncc1-c1nc(C23CCN(CC2)CC3)no1)c1ccccc1. The summed E-state index contributed by atoms with van der Waals surface area (Å²) in [5, 5.41) is 24.3. The van der Waals surface area contributed by atoms with E-state index in [-0.39, 0.29) is 29.0 Å². The fourth-order valence-corrected chi connectivity index (χ4v) is 6.28. The second kappa shape index (κ2) is 10.2. The van der Waals surface area contributed by atoms with Crippen LogP contribution in [0.25, 0.3) is 11.5 Å². The predicted molar refractivity (Wildman–Crippen MR) is 157 cm³/mol. The fraction of sp³-hybridized carbons (Fsp3) is 0.387. The van der Waals surface area contributed by atoms with Crippen molar-refractivity contribution < 1.29 is 17.2 Å². The molecule has 216 valence electrons. The molecule has 11 heteroatoms. The van der Waals surface area contributed by atoms with Crippen molar-refractivity contribution in [2.75, 3.05) is 36.8 Å². The Morgan fingerprint density at radius 2 is 1.86 bits per heavy atom. The van der Waals surface area contributed by atoms with Crippen molar-refractivity contribution in [3.63, 3.8) is 0 Å². The third-order valence-corrected chi connectivity index (χ3v) is 8.80. The summed E-state index contributed by atoms with van der Waals surface area (Å²) in [6.45, 7) is 4.26. The molecule has 4 aliphatic heterocycles. The van der Waals surface area contributed by atoms with Crippen LogP contribution in [0.4, 0.5) is 17.5 Å². The van der Waals surface area contributed by atoms with Crippen molar-refractivity contribution in [1.29, 1.82) is 0 Å². The number of benzene rings is 2. The summed E-state index contributed by atoms with van der Waals surface area (Å²) < 4.78 is 22.2. The summed E-state index contributed by atoms with van der Waals surface area (Å²) in [5.74, 6) is 1.19. The molecule has 11 nitrogen and oxygen atoms in total. The number of aliphatic hydroxyl groups is 1. The number of carbonyl (C=O) groups is 1.